The van der Waals surface area contributed by atoms with Gasteiger partial charge >= 0.3 is 0 Å². The Morgan fingerprint density at radius 3 is 2.85 bits per heavy atom. The molecule has 4 nitrogen and oxygen atoms in total. The van der Waals surface area contributed by atoms with E-state index in [0.29, 0.717) is 6.10 Å². The van der Waals surface area contributed by atoms with Crippen molar-refractivity contribution in [1.29, 1.82) is 0 Å². The van der Waals surface area contributed by atoms with Crippen LogP contribution in [0, 0.1) is 5.92 Å². The summed E-state index contributed by atoms with van der Waals surface area (Å²) in [6.45, 7) is 4.16. The van der Waals surface area contributed by atoms with Crippen LogP contribution in [-0.4, -0.2) is 29.1 Å². The van der Waals surface area contributed by atoms with Gasteiger partial charge in [0.2, 0.25) is 5.91 Å². The SMILES string of the molecule is CC(C)[C@@H](C(=O)N[C@H]1C[C@H]2CC[C@H]1O2)c1cccnc1. The van der Waals surface area contributed by atoms with Crippen LogP contribution in [0.25, 0.3) is 0 Å². The molecule has 0 aliphatic carbocycles. The van der Waals surface area contributed by atoms with Crippen LogP contribution in [-0.2, 0) is 9.53 Å². The minimum absolute atomic E-state index is 0.106. The van der Waals surface area contributed by atoms with Crippen LogP contribution in [0.15, 0.2) is 24.5 Å². The molecule has 1 N–H and O–H groups in total. The van der Waals surface area contributed by atoms with Gasteiger partial charge in [0.05, 0.1) is 24.2 Å². The van der Waals surface area contributed by atoms with Gasteiger partial charge < -0.3 is 10.1 Å². The second kappa shape index (κ2) is 5.52. The van der Waals surface area contributed by atoms with Crippen LogP contribution in [0.3, 0.4) is 0 Å². The lowest BCUT2D eigenvalue weighted by Crippen LogP contribution is -2.44. The van der Waals surface area contributed by atoms with Crippen LogP contribution in [0.5, 0.6) is 0 Å². The highest BCUT2D eigenvalue weighted by atomic mass is 16.5. The third kappa shape index (κ3) is 2.57. The lowest BCUT2D eigenvalue weighted by molar-refractivity contribution is -0.124. The maximum atomic E-state index is 12.6. The van der Waals surface area contributed by atoms with Crippen LogP contribution in [0.4, 0.5) is 0 Å². The highest BCUT2D eigenvalue weighted by Gasteiger charge is 2.42. The number of rotatable bonds is 4. The fraction of sp³-hybridized carbons (Fsp3) is 0.625. The van der Waals surface area contributed by atoms with E-state index in [1.165, 1.54) is 0 Å². The van der Waals surface area contributed by atoms with Gasteiger partial charge in [-0.05, 0) is 36.8 Å². The van der Waals surface area contributed by atoms with Crippen LogP contribution in [0.1, 0.15) is 44.6 Å². The third-order valence-corrected chi connectivity index (χ3v) is 4.43. The van der Waals surface area contributed by atoms with Crippen molar-refractivity contribution in [2.24, 2.45) is 5.92 Å². The van der Waals surface area contributed by atoms with Gasteiger partial charge in [-0.25, -0.2) is 0 Å². The summed E-state index contributed by atoms with van der Waals surface area (Å²) in [6, 6.07) is 4.06. The summed E-state index contributed by atoms with van der Waals surface area (Å²) < 4.78 is 5.80. The predicted molar refractivity (Wildman–Crippen MR) is 76.3 cm³/mol. The summed E-state index contributed by atoms with van der Waals surface area (Å²) in [7, 11) is 0. The standard InChI is InChI=1S/C16H22N2O2/c1-10(2)15(11-4-3-7-17-9-11)16(19)18-13-8-12-5-6-14(13)20-12/h3-4,7,9-10,12-15H,5-6,8H2,1-2H3,(H,18,19)/t12-,13+,14-,15-/m1/s1. The first-order chi connectivity index (χ1) is 9.65. The molecule has 108 valence electrons. The van der Waals surface area contributed by atoms with E-state index in [2.05, 4.69) is 24.1 Å². The van der Waals surface area contributed by atoms with Gasteiger partial charge in [-0.15, -0.1) is 0 Å². The van der Waals surface area contributed by atoms with Crippen LogP contribution < -0.4 is 5.32 Å². The number of carbonyl (C=O) groups is 1. The Balaban J connectivity index is 1.70. The quantitative estimate of drug-likeness (QED) is 0.916. The van der Waals surface area contributed by atoms with Gasteiger partial charge in [0.1, 0.15) is 0 Å². The molecule has 0 spiro atoms. The van der Waals surface area contributed by atoms with E-state index in [1.807, 2.05) is 12.1 Å². The number of nitrogens with one attached hydrogen (secondary N) is 1. The Labute approximate surface area is 119 Å². The summed E-state index contributed by atoms with van der Waals surface area (Å²) in [5.74, 6) is 0.218. The highest BCUT2D eigenvalue weighted by molar-refractivity contribution is 5.84. The molecule has 20 heavy (non-hydrogen) atoms. The van der Waals surface area contributed by atoms with Crippen molar-refractivity contribution in [3.63, 3.8) is 0 Å². The van der Waals surface area contributed by atoms with E-state index in [0.717, 1.165) is 24.8 Å². The second-order valence-electron chi connectivity index (χ2n) is 6.23. The number of amides is 1. The van der Waals surface area contributed by atoms with E-state index in [9.17, 15) is 4.79 Å². The zero-order valence-corrected chi connectivity index (χ0v) is 12.1. The number of fused-ring (bicyclic) bond motifs is 2. The molecule has 2 fully saturated rings. The smallest absolute Gasteiger partial charge is 0.228 e. The van der Waals surface area contributed by atoms with E-state index >= 15 is 0 Å². The predicted octanol–water partition coefficient (Wildman–Crippen LogP) is 2.26. The van der Waals surface area contributed by atoms with E-state index < -0.39 is 0 Å². The Morgan fingerprint density at radius 1 is 1.45 bits per heavy atom. The largest absolute Gasteiger partial charge is 0.373 e. The summed E-state index contributed by atoms with van der Waals surface area (Å²) in [5.41, 5.74) is 0.990. The third-order valence-electron chi connectivity index (χ3n) is 4.43. The highest BCUT2D eigenvalue weighted by Crippen LogP contribution is 2.35. The fourth-order valence-electron chi connectivity index (χ4n) is 3.46. The number of nitrogens with zero attached hydrogens (tertiary/aromatic N) is 1. The lowest BCUT2D eigenvalue weighted by atomic mass is 9.87. The van der Waals surface area contributed by atoms with Crippen molar-refractivity contribution in [3.8, 4) is 0 Å². The molecule has 1 aromatic heterocycles. The summed E-state index contributed by atoms with van der Waals surface area (Å²) in [4.78, 5) is 16.8. The molecule has 1 amide bonds. The normalized spacial score (nSPS) is 29.6. The molecular weight excluding hydrogens is 252 g/mol. The first kappa shape index (κ1) is 13.6. The van der Waals surface area contributed by atoms with Gasteiger partial charge in [-0.3, -0.25) is 9.78 Å². The van der Waals surface area contributed by atoms with Gasteiger partial charge in [0.15, 0.2) is 0 Å². The monoisotopic (exact) mass is 274 g/mol. The van der Waals surface area contributed by atoms with Crippen molar-refractivity contribution >= 4 is 5.91 Å². The average Bonchev–Trinajstić information content (AvgIpc) is 3.02. The lowest BCUT2D eigenvalue weighted by Gasteiger charge is -2.25. The van der Waals surface area contributed by atoms with Gasteiger partial charge in [-0.1, -0.05) is 19.9 Å². The van der Waals surface area contributed by atoms with Crippen LogP contribution >= 0.6 is 0 Å². The van der Waals surface area contributed by atoms with Crippen molar-refractivity contribution < 1.29 is 9.53 Å². The molecule has 0 saturated carbocycles. The number of hydrogen-bond donors (Lipinski definition) is 1. The van der Waals surface area contributed by atoms with Gasteiger partial charge in [0, 0.05) is 12.4 Å². The molecule has 3 rings (SSSR count). The number of aromatic nitrogens is 1. The number of carbonyl (C=O) groups excluding carboxylic acids is 1. The molecule has 0 radical (unpaired) electrons. The number of ether oxygens (including phenoxy) is 1. The molecular formula is C16H22N2O2. The molecule has 2 saturated heterocycles. The van der Waals surface area contributed by atoms with Crippen molar-refractivity contribution in [2.45, 2.75) is 57.3 Å². The number of hydrogen-bond acceptors (Lipinski definition) is 3. The molecule has 1 aromatic rings. The summed E-state index contributed by atoms with van der Waals surface area (Å²) in [6.07, 6.45) is 7.31. The van der Waals surface area contributed by atoms with Gasteiger partial charge in [0.25, 0.3) is 0 Å². The van der Waals surface area contributed by atoms with Crippen molar-refractivity contribution in [2.75, 3.05) is 0 Å². The molecule has 2 bridgehead atoms. The molecule has 4 atom stereocenters. The maximum absolute atomic E-state index is 12.6. The van der Waals surface area contributed by atoms with E-state index in [1.54, 1.807) is 12.4 Å². The number of pyridine rings is 1. The molecule has 0 aromatic carbocycles. The molecule has 4 heteroatoms. The first-order valence-electron chi connectivity index (χ1n) is 7.51. The Kier molecular flexibility index (Phi) is 3.74. The topological polar surface area (TPSA) is 51.2 Å². The molecule has 2 aliphatic rings. The zero-order valence-electron chi connectivity index (χ0n) is 12.1. The Morgan fingerprint density at radius 2 is 2.30 bits per heavy atom. The molecule has 0 unspecified atom stereocenters. The Hall–Kier alpha value is -1.42. The Bertz CT molecular complexity index is 475. The molecule has 2 aliphatic heterocycles. The summed E-state index contributed by atoms with van der Waals surface area (Å²) in [5, 5.41) is 3.20. The van der Waals surface area contributed by atoms with E-state index in [4.69, 9.17) is 4.74 Å². The average molecular weight is 274 g/mol. The second-order valence-corrected chi connectivity index (χ2v) is 6.23. The first-order valence-corrected chi connectivity index (χ1v) is 7.51. The van der Waals surface area contributed by atoms with Crippen molar-refractivity contribution in [1.82, 2.24) is 10.3 Å². The zero-order chi connectivity index (χ0) is 14.1. The summed E-state index contributed by atoms with van der Waals surface area (Å²) >= 11 is 0. The van der Waals surface area contributed by atoms with E-state index in [-0.39, 0.29) is 29.9 Å². The van der Waals surface area contributed by atoms with Crippen LogP contribution in [0.2, 0.25) is 0 Å². The maximum Gasteiger partial charge on any atom is 0.228 e. The van der Waals surface area contributed by atoms with Gasteiger partial charge in [-0.2, -0.15) is 0 Å². The van der Waals surface area contributed by atoms with Crippen molar-refractivity contribution in [3.05, 3.63) is 30.1 Å². The minimum Gasteiger partial charge on any atom is -0.373 e. The minimum atomic E-state index is -0.136. The fourth-order valence-corrected chi connectivity index (χ4v) is 3.46. The molecule has 3 heterocycles.